The molecule has 0 bridgehead atoms. The van der Waals surface area contributed by atoms with Crippen LogP contribution in [0.5, 0.6) is 0 Å². The van der Waals surface area contributed by atoms with Crippen molar-refractivity contribution in [2.45, 2.75) is 20.3 Å². The van der Waals surface area contributed by atoms with E-state index in [4.69, 9.17) is 9.81 Å². The molecule has 1 atom stereocenters. The van der Waals surface area contributed by atoms with Crippen LogP contribution in [0.2, 0.25) is 0 Å². The second-order valence-corrected chi connectivity index (χ2v) is 4.64. The lowest BCUT2D eigenvalue weighted by molar-refractivity contribution is 0.570. The fraction of sp³-hybridized carbons (Fsp3) is 0.364. The molecule has 0 spiro atoms. The molecule has 1 rings (SSSR count). The lowest BCUT2D eigenvalue weighted by Gasteiger charge is -2.08. The van der Waals surface area contributed by atoms with Crippen LogP contribution in [0.4, 0.5) is 5.69 Å². The smallest absolute Gasteiger partial charge is 0.259 e. The summed E-state index contributed by atoms with van der Waals surface area (Å²) in [5, 5.41) is 8.92. The molecule has 0 aliphatic rings. The molecule has 0 amide bonds. The lowest BCUT2D eigenvalue weighted by atomic mass is 10.0. The van der Waals surface area contributed by atoms with Crippen LogP contribution in [0.25, 0.3) is 0 Å². The molecule has 0 radical (unpaired) electrons. The fourth-order valence-corrected chi connectivity index (χ4v) is 1.83. The van der Waals surface area contributed by atoms with E-state index in [0.29, 0.717) is 17.2 Å². The topological polar surface area (TPSA) is 73.1 Å². The van der Waals surface area contributed by atoms with Crippen molar-refractivity contribution < 1.29 is 8.76 Å². The number of anilines is 1. The zero-order valence-electron chi connectivity index (χ0n) is 9.23. The SMILES string of the molecule is CC(C)Cc1ccc(NS(=O)O)c(C#N)c1. The van der Waals surface area contributed by atoms with Crippen LogP contribution >= 0.6 is 0 Å². The third-order valence-electron chi connectivity index (χ3n) is 2.05. The maximum Gasteiger partial charge on any atom is 0.259 e. The van der Waals surface area contributed by atoms with Gasteiger partial charge < -0.3 is 0 Å². The van der Waals surface area contributed by atoms with Crippen molar-refractivity contribution in [2.24, 2.45) is 5.92 Å². The molecule has 0 saturated heterocycles. The van der Waals surface area contributed by atoms with Gasteiger partial charge in [-0.15, -0.1) is 0 Å². The Balaban J connectivity index is 2.98. The van der Waals surface area contributed by atoms with Crippen molar-refractivity contribution in [2.75, 3.05) is 4.72 Å². The van der Waals surface area contributed by atoms with Crippen molar-refractivity contribution in [3.05, 3.63) is 29.3 Å². The molecule has 0 aromatic heterocycles. The summed E-state index contributed by atoms with van der Waals surface area (Å²) < 4.78 is 21.6. The number of nitriles is 1. The van der Waals surface area contributed by atoms with Crippen LogP contribution < -0.4 is 4.72 Å². The average molecular weight is 238 g/mol. The minimum Gasteiger partial charge on any atom is -0.289 e. The molecule has 0 heterocycles. The Hall–Kier alpha value is -1.38. The average Bonchev–Trinajstić information content (AvgIpc) is 2.18. The summed E-state index contributed by atoms with van der Waals surface area (Å²) in [5.41, 5.74) is 1.83. The monoisotopic (exact) mass is 238 g/mol. The Kier molecular flexibility index (Phi) is 4.47. The Bertz CT molecular complexity index is 438. The number of nitrogens with one attached hydrogen (secondary N) is 1. The minimum atomic E-state index is -2.15. The summed E-state index contributed by atoms with van der Waals surface area (Å²) in [6.07, 6.45) is 0.886. The number of rotatable bonds is 4. The van der Waals surface area contributed by atoms with Gasteiger partial charge in [-0.05, 0) is 30.0 Å². The van der Waals surface area contributed by atoms with E-state index in [1.807, 2.05) is 12.1 Å². The fourth-order valence-electron chi connectivity index (χ4n) is 1.47. The Morgan fingerprint density at radius 2 is 2.25 bits per heavy atom. The molecule has 86 valence electrons. The van der Waals surface area contributed by atoms with Crippen LogP contribution in [-0.4, -0.2) is 8.76 Å². The van der Waals surface area contributed by atoms with Gasteiger partial charge in [0, 0.05) is 0 Å². The van der Waals surface area contributed by atoms with E-state index >= 15 is 0 Å². The van der Waals surface area contributed by atoms with Crippen molar-refractivity contribution in [1.29, 1.82) is 5.26 Å². The van der Waals surface area contributed by atoms with Gasteiger partial charge in [0.05, 0.1) is 11.3 Å². The van der Waals surface area contributed by atoms with E-state index < -0.39 is 11.3 Å². The molecule has 1 unspecified atom stereocenters. The molecule has 0 aliphatic heterocycles. The van der Waals surface area contributed by atoms with Crippen molar-refractivity contribution in [3.8, 4) is 6.07 Å². The number of hydrogen-bond acceptors (Lipinski definition) is 2. The highest BCUT2D eigenvalue weighted by molar-refractivity contribution is 7.80. The maximum atomic E-state index is 10.6. The number of benzene rings is 1. The molecule has 0 fully saturated rings. The van der Waals surface area contributed by atoms with Crippen molar-refractivity contribution in [1.82, 2.24) is 0 Å². The normalized spacial score (nSPS) is 12.2. The Morgan fingerprint density at radius 3 is 2.75 bits per heavy atom. The summed E-state index contributed by atoms with van der Waals surface area (Å²) in [5.74, 6) is 0.511. The quantitative estimate of drug-likeness (QED) is 0.790. The van der Waals surface area contributed by atoms with Gasteiger partial charge in [-0.3, -0.25) is 9.27 Å². The van der Waals surface area contributed by atoms with Crippen LogP contribution in [0.1, 0.15) is 25.0 Å². The number of nitrogens with zero attached hydrogens (tertiary/aromatic N) is 1. The van der Waals surface area contributed by atoms with Crippen molar-refractivity contribution >= 4 is 17.0 Å². The first kappa shape index (κ1) is 12.7. The van der Waals surface area contributed by atoms with E-state index in [0.717, 1.165) is 12.0 Å². The molecule has 5 heteroatoms. The Labute approximate surface area is 97.7 Å². The minimum absolute atomic E-state index is 0.385. The van der Waals surface area contributed by atoms with E-state index in [1.54, 1.807) is 12.1 Å². The van der Waals surface area contributed by atoms with Gasteiger partial charge in [0.1, 0.15) is 6.07 Å². The summed E-state index contributed by atoms with van der Waals surface area (Å²) in [6.45, 7) is 4.20. The van der Waals surface area contributed by atoms with E-state index in [9.17, 15) is 4.21 Å². The first-order valence-electron chi connectivity index (χ1n) is 4.93. The van der Waals surface area contributed by atoms with Gasteiger partial charge in [-0.25, -0.2) is 4.21 Å². The third-order valence-corrected chi connectivity index (χ3v) is 2.44. The molecular weight excluding hydrogens is 224 g/mol. The van der Waals surface area contributed by atoms with E-state index in [1.165, 1.54) is 0 Å². The molecule has 16 heavy (non-hydrogen) atoms. The van der Waals surface area contributed by atoms with Gasteiger partial charge in [0.25, 0.3) is 11.3 Å². The molecule has 1 aromatic rings. The second-order valence-electron chi connectivity index (χ2n) is 3.94. The first-order valence-corrected chi connectivity index (χ1v) is 6.04. The summed E-state index contributed by atoms with van der Waals surface area (Å²) >= 11 is -2.15. The molecule has 0 aliphatic carbocycles. The van der Waals surface area contributed by atoms with Gasteiger partial charge in [-0.1, -0.05) is 19.9 Å². The van der Waals surface area contributed by atoms with Crippen LogP contribution in [0.3, 0.4) is 0 Å². The van der Waals surface area contributed by atoms with E-state index in [2.05, 4.69) is 18.6 Å². The van der Waals surface area contributed by atoms with Crippen LogP contribution in [-0.2, 0) is 17.7 Å². The first-order chi connectivity index (χ1) is 7.52. The van der Waals surface area contributed by atoms with Crippen LogP contribution in [0, 0.1) is 17.2 Å². The molecular formula is C11H14N2O2S. The summed E-state index contributed by atoms with van der Waals surface area (Å²) in [6, 6.07) is 7.27. The Morgan fingerprint density at radius 1 is 1.56 bits per heavy atom. The van der Waals surface area contributed by atoms with Crippen molar-refractivity contribution in [3.63, 3.8) is 0 Å². The largest absolute Gasteiger partial charge is 0.289 e. The highest BCUT2D eigenvalue weighted by atomic mass is 32.2. The van der Waals surface area contributed by atoms with Gasteiger partial charge >= 0.3 is 0 Å². The highest BCUT2D eigenvalue weighted by Crippen LogP contribution is 2.19. The lowest BCUT2D eigenvalue weighted by Crippen LogP contribution is -2.04. The maximum absolute atomic E-state index is 10.6. The molecule has 0 saturated carbocycles. The second kappa shape index (κ2) is 5.64. The zero-order valence-corrected chi connectivity index (χ0v) is 10.0. The van der Waals surface area contributed by atoms with Gasteiger partial charge in [0.2, 0.25) is 0 Å². The molecule has 1 aromatic carbocycles. The molecule has 4 nitrogen and oxygen atoms in total. The van der Waals surface area contributed by atoms with Gasteiger partial charge in [0.15, 0.2) is 0 Å². The summed E-state index contributed by atoms with van der Waals surface area (Å²) in [7, 11) is 0. The number of hydrogen-bond donors (Lipinski definition) is 2. The predicted molar refractivity (Wildman–Crippen MR) is 64.1 cm³/mol. The standard InChI is InChI=1S/C11H14N2O2S/c1-8(2)5-9-3-4-11(13-16(14)15)10(6-9)7-12/h3-4,6,8,13H,5H2,1-2H3,(H,14,15). The van der Waals surface area contributed by atoms with E-state index in [-0.39, 0.29) is 0 Å². The molecule has 2 N–H and O–H groups in total. The van der Waals surface area contributed by atoms with Crippen LogP contribution in [0.15, 0.2) is 18.2 Å². The zero-order chi connectivity index (χ0) is 12.1. The van der Waals surface area contributed by atoms with Gasteiger partial charge in [-0.2, -0.15) is 5.26 Å². The highest BCUT2D eigenvalue weighted by Gasteiger charge is 2.06. The predicted octanol–water partition coefficient (Wildman–Crippen LogP) is 2.31. The third kappa shape index (κ3) is 3.65. The summed E-state index contributed by atoms with van der Waals surface area (Å²) in [4.78, 5) is 0.